The lowest BCUT2D eigenvalue weighted by Gasteiger charge is -2.28. The van der Waals surface area contributed by atoms with E-state index >= 15 is 0 Å². The molecule has 2 heterocycles. The summed E-state index contributed by atoms with van der Waals surface area (Å²) in [5.41, 5.74) is -0.466. The first-order valence-electron chi connectivity index (χ1n) is 6.24. The Morgan fingerprint density at radius 1 is 1.50 bits per heavy atom. The van der Waals surface area contributed by atoms with Crippen LogP contribution < -0.4 is 10.6 Å². The molecule has 106 valence electrons. The van der Waals surface area contributed by atoms with Crippen LogP contribution in [0.15, 0.2) is 0 Å². The fourth-order valence-corrected chi connectivity index (χ4v) is 4.37. The van der Waals surface area contributed by atoms with Crippen LogP contribution >= 0.6 is 12.4 Å². The second-order valence-corrected chi connectivity index (χ2v) is 7.27. The highest BCUT2D eigenvalue weighted by atomic mass is 35.5. The van der Waals surface area contributed by atoms with E-state index in [1.807, 2.05) is 6.92 Å². The highest BCUT2D eigenvalue weighted by molar-refractivity contribution is 7.91. The van der Waals surface area contributed by atoms with Crippen molar-refractivity contribution in [1.29, 1.82) is 0 Å². The molecule has 1 amide bonds. The van der Waals surface area contributed by atoms with Crippen LogP contribution in [0.1, 0.15) is 32.6 Å². The molecule has 0 spiro atoms. The Kier molecular flexibility index (Phi) is 5.03. The van der Waals surface area contributed by atoms with Gasteiger partial charge in [0.1, 0.15) is 0 Å². The monoisotopic (exact) mass is 296 g/mol. The lowest BCUT2D eigenvalue weighted by molar-refractivity contribution is -0.127. The number of hydrogen-bond acceptors (Lipinski definition) is 4. The summed E-state index contributed by atoms with van der Waals surface area (Å²) in [6.45, 7) is 2.85. The third-order valence-electron chi connectivity index (χ3n) is 3.85. The van der Waals surface area contributed by atoms with E-state index in [0.29, 0.717) is 6.42 Å². The van der Waals surface area contributed by atoms with E-state index in [-0.39, 0.29) is 35.9 Å². The van der Waals surface area contributed by atoms with Gasteiger partial charge in [-0.05, 0) is 32.2 Å². The predicted molar refractivity (Wildman–Crippen MR) is 72.7 cm³/mol. The molecule has 0 bridgehead atoms. The van der Waals surface area contributed by atoms with Crippen LogP contribution in [-0.2, 0) is 14.6 Å². The van der Waals surface area contributed by atoms with Gasteiger partial charge in [-0.25, -0.2) is 8.42 Å². The number of hydrogen-bond donors (Lipinski definition) is 2. The quantitative estimate of drug-likeness (QED) is 0.782. The Bertz CT molecular complexity index is 405. The maximum atomic E-state index is 12.2. The highest BCUT2D eigenvalue weighted by Gasteiger charge is 2.41. The topological polar surface area (TPSA) is 75.3 Å². The van der Waals surface area contributed by atoms with Crippen LogP contribution in [0.5, 0.6) is 0 Å². The summed E-state index contributed by atoms with van der Waals surface area (Å²) in [6, 6.07) is -0.196. The van der Waals surface area contributed by atoms with Crippen LogP contribution in [0.4, 0.5) is 0 Å². The molecule has 0 radical (unpaired) electrons. The fraction of sp³-hybridized carbons (Fsp3) is 0.909. The summed E-state index contributed by atoms with van der Waals surface area (Å²) in [4.78, 5) is 12.2. The zero-order chi connectivity index (χ0) is 12.5. The Hall–Kier alpha value is -0.330. The fourth-order valence-electron chi connectivity index (χ4n) is 2.69. The summed E-state index contributed by atoms with van der Waals surface area (Å²) in [7, 11) is -2.93. The van der Waals surface area contributed by atoms with Crippen molar-refractivity contribution in [2.45, 2.75) is 44.2 Å². The van der Waals surface area contributed by atoms with Crippen LogP contribution in [0.25, 0.3) is 0 Å². The minimum absolute atomic E-state index is 0. The van der Waals surface area contributed by atoms with E-state index in [0.717, 1.165) is 25.8 Å². The van der Waals surface area contributed by atoms with Gasteiger partial charge in [0.25, 0.3) is 0 Å². The third kappa shape index (κ3) is 3.16. The van der Waals surface area contributed by atoms with Gasteiger partial charge in [-0.2, -0.15) is 0 Å². The van der Waals surface area contributed by atoms with E-state index < -0.39 is 15.4 Å². The Morgan fingerprint density at radius 2 is 2.22 bits per heavy atom. The molecule has 0 aromatic rings. The second-order valence-electron chi connectivity index (χ2n) is 5.04. The van der Waals surface area contributed by atoms with Crippen molar-refractivity contribution in [3.63, 3.8) is 0 Å². The van der Waals surface area contributed by atoms with Crippen molar-refractivity contribution in [1.82, 2.24) is 10.6 Å². The van der Waals surface area contributed by atoms with Crippen LogP contribution in [-0.4, -0.2) is 44.0 Å². The van der Waals surface area contributed by atoms with Gasteiger partial charge >= 0.3 is 0 Å². The standard InChI is InChI=1S/C11H20N2O3S.ClH/c1-2-11(5-3-6-12-11)10(14)13-9-4-7-17(15,16)8-9;/h9,12H,2-8H2,1H3,(H,13,14);1H. The SMILES string of the molecule is CCC1(C(=O)NC2CCS(=O)(=O)C2)CCCN1.Cl. The molecule has 2 N–H and O–H groups in total. The number of carbonyl (C=O) groups excluding carboxylic acids is 1. The van der Waals surface area contributed by atoms with E-state index in [9.17, 15) is 13.2 Å². The molecule has 2 aliphatic heterocycles. The molecule has 2 unspecified atom stereocenters. The average Bonchev–Trinajstić information content (AvgIpc) is 2.86. The normalized spacial score (nSPS) is 33.9. The van der Waals surface area contributed by atoms with Crippen LogP contribution in [0.3, 0.4) is 0 Å². The van der Waals surface area contributed by atoms with Gasteiger partial charge in [0, 0.05) is 6.04 Å². The number of sulfone groups is 1. The molecule has 7 heteroatoms. The molecule has 5 nitrogen and oxygen atoms in total. The molecular formula is C11H21ClN2O3S. The first-order valence-corrected chi connectivity index (χ1v) is 8.06. The smallest absolute Gasteiger partial charge is 0.240 e. The van der Waals surface area contributed by atoms with Crippen molar-refractivity contribution in [3.8, 4) is 0 Å². The average molecular weight is 297 g/mol. The van der Waals surface area contributed by atoms with E-state index in [1.54, 1.807) is 0 Å². The first kappa shape index (κ1) is 15.7. The molecular weight excluding hydrogens is 276 g/mol. The predicted octanol–water partition coefficient (Wildman–Crippen LogP) is 0.244. The summed E-state index contributed by atoms with van der Waals surface area (Å²) < 4.78 is 22.7. The zero-order valence-corrected chi connectivity index (χ0v) is 12.2. The van der Waals surface area contributed by atoms with Crippen molar-refractivity contribution in [3.05, 3.63) is 0 Å². The van der Waals surface area contributed by atoms with Crippen LogP contribution in [0, 0.1) is 0 Å². The summed E-state index contributed by atoms with van der Waals surface area (Å²) in [5.74, 6) is 0.267. The Morgan fingerprint density at radius 3 is 2.67 bits per heavy atom. The lowest BCUT2D eigenvalue weighted by Crippen LogP contribution is -2.55. The molecule has 0 aromatic carbocycles. The summed E-state index contributed by atoms with van der Waals surface area (Å²) in [5, 5.41) is 6.14. The molecule has 2 aliphatic rings. The highest BCUT2D eigenvalue weighted by Crippen LogP contribution is 2.24. The maximum Gasteiger partial charge on any atom is 0.240 e. The van der Waals surface area contributed by atoms with Crippen molar-refractivity contribution in [2.24, 2.45) is 0 Å². The first-order chi connectivity index (χ1) is 7.97. The summed E-state index contributed by atoms with van der Waals surface area (Å²) >= 11 is 0. The number of halogens is 1. The van der Waals surface area contributed by atoms with Gasteiger partial charge in [-0.3, -0.25) is 4.79 Å². The number of rotatable bonds is 3. The largest absolute Gasteiger partial charge is 0.351 e. The van der Waals surface area contributed by atoms with Crippen LogP contribution in [0.2, 0.25) is 0 Å². The zero-order valence-electron chi connectivity index (χ0n) is 10.6. The van der Waals surface area contributed by atoms with Crippen molar-refractivity contribution >= 4 is 28.2 Å². The van der Waals surface area contributed by atoms with Gasteiger partial charge in [0.15, 0.2) is 9.84 Å². The molecule has 2 saturated heterocycles. The second kappa shape index (κ2) is 5.75. The van der Waals surface area contributed by atoms with Gasteiger partial charge in [0.05, 0.1) is 17.0 Å². The van der Waals surface area contributed by atoms with Crippen molar-refractivity contribution < 1.29 is 13.2 Å². The number of carbonyl (C=O) groups is 1. The molecule has 2 fully saturated rings. The minimum Gasteiger partial charge on any atom is -0.351 e. The number of nitrogens with one attached hydrogen (secondary N) is 2. The summed E-state index contributed by atoms with van der Waals surface area (Å²) in [6.07, 6.45) is 3.14. The van der Waals surface area contributed by atoms with Gasteiger partial charge in [-0.15, -0.1) is 12.4 Å². The molecule has 0 saturated carbocycles. The minimum atomic E-state index is -2.93. The molecule has 2 atom stereocenters. The Balaban J connectivity index is 0.00000162. The molecule has 0 aromatic heterocycles. The van der Waals surface area contributed by atoms with Gasteiger partial charge in [0.2, 0.25) is 5.91 Å². The van der Waals surface area contributed by atoms with Gasteiger partial charge < -0.3 is 10.6 Å². The van der Waals surface area contributed by atoms with E-state index in [1.165, 1.54) is 0 Å². The molecule has 18 heavy (non-hydrogen) atoms. The third-order valence-corrected chi connectivity index (χ3v) is 5.62. The van der Waals surface area contributed by atoms with Crippen molar-refractivity contribution in [2.75, 3.05) is 18.1 Å². The van der Waals surface area contributed by atoms with Gasteiger partial charge in [-0.1, -0.05) is 6.92 Å². The maximum absolute atomic E-state index is 12.2. The molecule has 2 rings (SSSR count). The van der Waals surface area contributed by atoms with E-state index in [4.69, 9.17) is 0 Å². The Labute approximate surface area is 114 Å². The lowest BCUT2D eigenvalue weighted by atomic mass is 9.93. The molecule has 0 aliphatic carbocycles. The van der Waals surface area contributed by atoms with E-state index in [2.05, 4.69) is 10.6 Å². The number of amides is 1.